The molecule has 3 heteroatoms. The van der Waals surface area contributed by atoms with Crippen molar-refractivity contribution in [3.05, 3.63) is 71.3 Å². The SMILES string of the molecule is CCc1ccc(/C=C/C23NC(=O)CCN2c2ccccc2C3(C)C)cc1. The van der Waals surface area contributed by atoms with Gasteiger partial charge in [0.15, 0.2) is 0 Å². The summed E-state index contributed by atoms with van der Waals surface area (Å²) in [4.78, 5) is 14.7. The Kier molecular flexibility index (Phi) is 3.91. The Labute approximate surface area is 155 Å². The van der Waals surface area contributed by atoms with Gasteiger partial charge < -0.3 is 10.2 Å². The number of aryl methyl sites for hydroxylation is 1. The summed E-state index contributed by atoms with van der Waals surface area (Å²) in [5, 5.41) is 3.32. The highest BCUT2D eigenvalue weighted by atomic mass is 16.2. The molecule has 0 aliphatic carbocycles. The summed E-state index contributed by atoms with van der Waals surface area (Å²) in [6.07, 6.45) is 5.90. The van der Waals surface area contributed by atoms with E-state index in [0.717, 1.165) is 18.5 Å². The quantitative estimate of drug-likeness (QED) is 0.900. The van der Waals surface area contributed by atoms with Crippen LogP contribution in [0, 0.1) is 0 Å². The molecule has 134 valence electrons. The standard InChI is InChI=1S/C23H26N2O/c1-4-17-9-11-18(12-10-17)13-15-23-22(2,3)19-7-5-6-8-20(19)25(23)16-14-21(26)24-23/h5-13,15H,4,14,16H2,1-3H3,(H,24,26)/b15-13+. The van der Waals surface area contributed by atoms with Gasteiger partial charge in [0.05, 0.1) is 0 Å². The molecular weight excluding hydrogens is 320 g/mol. The van der Waals surface area contributed by atoms with E-state index in [4.69, 9.17) is 0 Å². The number of anilines is 1. The summed E-state index contributed by atoms with van der Waals surface area (Å²) in [5.74, 6) is 0.119. The summed E-state index contributed by atoms with van der Waals surface area (Å²) in [7, 11) is 0. The van der Waals surface area contributed by atoms with E-state index >= 15 is 0 Å². The number of nitrogens with one attached hydrogen (secondary N) is 1. The minimum atomic E-state index is -0.532. The van der Waals surface area contributed by atoms with Crippen LogP contribution in [0.15, 0.2) is 54.6 Å². The molecule has 0 bridgehead atoms. The number of rotatable bonds is 3. The maximum absolute atomic E-state index is 12.4. The van der Waals surface area contributed by atoms with Gasteiger partial charge in [-0.05, 0) is 35.3 Å². The van der Waals surface area contributed by atoms with Crippen LogP contribution in [-0.2, 0) is 16.6 Å². The lowest BCUT2D eigenvalue weighted by Gasteiger charge is -2.49. The first-order valence-electron chi connectivity index (χ1n) is 9.44. The molecular formula is C23H26N2O. The first-order chi connectivity index (χ1) is 12.5. The number of hydrogen-bond acceptors (Lipinski definition) is 2. The Balaban J connectivity index is 1.79. The summed E-state index contributed by atoms with van der Waals surface area (Å²) in [5.41, 5.74) is 4.25. The summed E-state index contributed by atoms with van der Waals surface area (Å²) < 4.78 is 0. The van der Waals surface area contributed by atoms with Crippen LogP contribution < -0.4 is 10.2 Å². The minimum absolute atomic E-state index is 0.119. The summed E-state index contributed by atoms with van der Waals surface area (Å²) in [6.45, 7) is 7.35. The van der Waals surface area contributed by atoms with Crippen molar-refractivity contribution in [3.8, 4) is 0 Å². The number of carbonyl (C=O) groups is 1. The Bertz CT molecular complexity index is 866. The molecule has 4 rings (SSSR count). The van der Waals surface area contributed by atoms with Gasteiger partial charge in [-0.1, -0.05) is 69.3 Å². The van der Waals surface area contributed by atoms with E-state index in [1.54, 1.807) is 0 Å². The Hall–Kier alpha value is -2.55. The average molecular weight is 346 g/mol. The van der Waals surface area contributed by atoms with E-state index in [9.17, 15) is 4.79 Å². The van der Waals surface area contributed by atoms with E-state index in [1.165, 1.54) is 16.8 Å². The summed E-state index contributed by atoms with van der Waals surface area (Å²) in [6, 6.07) is 17.2. The van der Waals surface area contributed by atoms with Gasteiger partial charge in [0.1, 0.15) is 5.66 Å². The molecule has 2 aliphatic heterocycles. The van der Waals surface area contributed by atoms with Crippen molar-refractivity contribution in [2.45, 2.75) is 44.7 Å². The second kappa shape index (κ2) is 6.01. The first kappa shape index (κ1) is 16.9. The van der Waals surface area contributed by atoms with Crippen molar-refractivity contribution in [1.82, 2.24) is 5.32 Å². The number of fused-ring (bicyclic) bond motifs is 3. The molecule has 2 aliphatic rings. The normalized spacial score (nSPS) is 23.7. The van der Waals surface area contributed by atoms with Gasteiger partial charge in [-0.15, -0.1) is 0 Å². The first-order valence-corrected chi connectivity index (χ1v) is 9.44. The number of para-hydroxylation sites is 1. The fraction of sp³-hybridized carbons (Fsp3) is 0.348. The average Bonchev–Trinajstić information content (AvgIpc) is 2.85. The molecule has 0 aromatic heterocycles. The fourth-order valence-corrected chi connectivity index (χ4v) is 4.40. The Morgan fingerprint density at radius 1 is 1.12 bits per heavy atom. The van der Waals surface area contributed by atoms with Crippen molar-refractivity contribution in [1.29, 1.82) is 0 Å². The van der Waals surface area contributed by atoms with Crippen molar-refractivity contribution in [2.24, 2.45) is 0 Å². The highest BCUT2D eigenvalue weighted by molar-refractivity contribution is 5.84. The molecule has 0 spiro atoms. The minimum Gasteiger partial charge on any atom is -0.344 e. The van der Waals surface area contributed by atoms with Crippen molar-refractivity contribution >= 4 is 17.7 Å². The molecule has 1 amide bonds. The second-order valence-electron chi connectivity index (χ2n) is 7.79. The van der Waals surface area contributed by atoms with Gasteiger partial charge >= 0.3 is 0 Å². The van der Waals surface area contributed by atoms with Crippen LogP contribution in [0.1, 0.15) is 43.9 Å². The maximum atomic E-state index is 12.4. The molecule has 2 heterocycles. The smallest absolute Gasteiger partial charge is 0.223 e. The fourth-order valence-electron chi connectivity index (χ4n) is 4.40. The lowest BCUT2D eigenvalue weighted by Crippen LogP contribution is -2.68. The van der Waals surface area contributed by atoms with Gasteiger partial charge in [-0.2, -0.15) is 0 Å². The topological polar surface area (TPSA) is 32.3 Å². The van der Waals surface area contributed by atoms with Gasteiger partial charge in [0.25, 0.3) is 0 Å². The zero-order chi connectivity index (χ0) is 18.4. The number of carbonyl (C=O) groups excluding carboxylic acids is 1. The maximum Gasteiger partial charge on any atom is 0.223 e. The van der Waals surface area contributed by atoms with Crippen LogP contribution in [0.25, 0.3) is 6.08 Å². The van der Waals surface area contributed by atoms with Crippen LogP contribution >= 0.6 is 0 Å². The van der Waals surface area contributed by atoms with Crippen molar-refractivity contribution in [2.75, 3.05) is 11.4 Å². The third-order valence-electron chi connectivity index (χ3n) is 6.04. The predicted octanol–water partition coefficient (Wildman–Crippen LogP) is 4.28. The lowest BCUT2D eigenvalue weighted by molar-refractivity contribution is -0.124. The van der Waals surface area contributed by atoms with E-state index in [0.29, 0.717) is 6.42 Å². The molecule has 1 saturated heterocycles. The summed E-state index contributed by atoms with van der Waals surface area (Å²) >= 11 is 0. The molecule has 2 aromatic rings. The third kappa shape index (κ3) is 2.38. The van der Waals surface area contributed by atoms with Crippen molar-refractivity contribution < 1.29 is 4.79 Å². The van der Waals surface area contributed by atoms with E-state index in [1.807, 2.05) is 0 Å². The number of hydrogen-bond donors (Lipinski definition) is 1. The molecule has 1 N–H and O–H groups in total. The zero-order valence-corrected chi connectivity index (χ0v) is 15.8. The zero-order valence-electron chi connectivity index (χ0n) is 15.8. The van der Waals surface area contributed by atoms with Gasteiger partial charge in [-0.3, -0.25) is 4.79 Å². The second-order valence-corrected chi connectivity index (χ2v) is 7.79. The van der Waals surface area contributed by atoms with Gasteiger partial charge in [0.2, 0.25) is 5.91 Å². The molecule has 0 saturated carbocycles. The molecule has 1 atom stereocenters. The van der Waals surface area contributed by atoms with Crippen molar-refractivity contribution in [3.63, 3.8) is 0 Å². The molecule has 1 unspecified atom stereocenters. The van der Waals surface area contributed by atoms with Crippen LogP contribution in [-0.4, -0.2) is 18.1 Å². The largest absolute Gasteiger partial charge is 0.344 e. The predicted molar refractivity (Wildman–Crippen MR) is 107 cm³/mol. The number of nitrogens with zero attached hydrogens (tertiary/aromatic N) is 1. The van der Waals surface area contributed by atoms with Gasteiger partial charge in [-0.25, -0.2) is 0 Å². The highest BCUT2D eigenvalue weighted by Gasteiger charge is 2.57. The molecule has 0 radical (unpaired) electrons. The molecule has 1 fully saturated rings. The number of benzene rings is 2. The Morgan fingerprint density at radius 3 is 2.58 bits per heavy atom. The Morgan fingerprint density at radius 2 is 1.85 bits per heavy atom. The van der Waals surface area contributed by atoms with Gasteiger partial charge in [0, 0.05) is 24.1 Å². The van der Waals surface area contributed by atoms with E-state index in [-0.39, 0.29) is 11.3 Å². The third-order valence-corrected chi connectivity index (χ3v) is 6.04. The van der Waals surface area contributed by atoms with Crippen LogP contribution in [0.5, 0.6) is 0 Å². The number of amides is 1. The monoisotopic (exact) mass is 346 g/mol. The molecule has 26 heavy (non-hydrogen) atoms. The molecule has 3 nitrogen and oxygen atoms in total. The van der Waals surface area contributed by atoms with Crippen LogP contribution in [0.2, 0.25) is 0 Å². The van der Waals surface area contributed by atoms with E-state index in [2.05, 4.69) is 91.7 Å². The lowest BCUT2D eigenvalue weighted by atomic mass is 9.74. The van der Waals surface area contributed by atoms with Crippen LogP contribution in [0.3, 0.4) is 0 Å². The molecule has 2 aromatic carbocycles. The van der Waals surface area contributed by atoms with E-state index < -0.39 is 5.66 Å². The highest BCUT2D eigenvalue weighted by Crippen LogP contribution is 2.52. The van der Waals surface area contributed by atoms with Crippen LogP contribution in [0.4, 0.5) is 5.69 Å².